The number of pyridine rings is 1. The number of carbonyl (C=O) groups excluding carboxylic acids is 2. The molecule has 0 saturated heterocycles. The number of hydrogen-bond donors (Lipinski definition) is 1. The Kier molecular flexibility index (Phi) is 5.63. The summed E-state index contributed by atoms with van der Waals surface area (Å²) in [5.74, 6) is -2.07. The van der Waals surface area contributed by atoms with E-state index < -0.39 is 23.5 Å². The zero-order chi connectivity index (χ0) is 23.0. The highest BCUT2D eigenvalue weighted by Crippen LogP contribution is 2.38. The van der Waals surface area contributed by atoms with Crippen molar-refractivity contribution in [2.75, 3.05) is 14.2 Å². The molecule has 4 aromatic rings. The average Bonchev–Trinajstić information content (AvgIpc) is 3.16. The van der Waals surface area contributed by atoms with E-state index in [1.54, 1.807) is 0 Å². The highest BCUT2D eigenvalue weighted by atomic mass is 35.5. The molecule has 1 N–H and O–H groups in total. The normalized spacial score (nSPS) is 10.9. The van der Waals surface area contributed by atoms with Crippen molar-refractivity contribution in [1.82, 2.24) is 10.3 Å². The van der Waals surface area contributed by atoms with Crippen molar-refractivity contribution in [1.29, 1.82) is 0 Å². The van der Waals surface area contributed by atoms with Crippen molar-refractivity contribution >= 4 is 34.6 Å². The highest BCUT2D eigenvalue weighted by molar-refractivity contribution is 6.33. The van der Waals surface area contributed by atoms with E-state index in [2.05, 4.69) is 15.0 Å². The lowest BCUT2D eigenvalue weighted by Crippen LogP contribution is -2.18. The van der Waals surface area contributed by atoms with Crippen LogP contribution in [0.15, 0.2) is 52.9 Å². The van der Waals surface area contributed by atoms with Crippen LogP contribution in [0, 0.1) is 11.6 Å². The van der Waals surface area contributed by atoms with Gasteiger partial charge >= 0.3 is 5.97 Å². The summed E-state index contributed by atoms with van der Waals surface area (Å²) in [6, 6.07) is 10.5. The lowest BCUT2D eigenvalue weighted by atomic mass is 10.0. The molecule has 2 heterocycles. The standard InChI is InChI=1S/C23H15ClF2N2O4/c1-27-21(29)18-16-10-15(14-9-12(23(30)31-2)5-8-17(14)26)20(24)28-22(16)32-19(18)11-3-6-13(25)7-4-11/h3-10H,1-2H3,(H,27,29). The molecule has 0 saturated carbocycles. The summed E-state index contributed by atoms with van der Waals surface area (Å²) in [6.07, 6.45) is 0. The second-order valence-corrected chi connectivity index (χ2v) is 7.12. The number of carbonyl (C=O) groups is 2. The lowest BCUT2D eigenvalue weighted by molar-refractivity contribution is 0.0600. The first-order valence-electron chi connectivity index (χ1n) is 9.33. The van der Waals surface area contributed by atoms with Crippen LogP contribution in [0.25, 0.3) is 33.6 Å². The average molecular weight is 457 g/mol. The van der Waals surface area contributed by atoms with Crippen LogP contribution >= 0.6 is 11.6 Å². The topological polar surface area (TPSA) is 81.4 Å². The predicted molar refractivity (Wildman–Crippen MR) is 115 cm³/mol. The summed E-state index contributed by atoms with van der Waals surface area (Å²) in [4.78, 5) is 28.8. The maximum atomic E-state index is 14.7. The number of hydrogen-bond acceptors (Lipinski definition) is 5. The minimum atomic E-state index is -0.649. The number of ether oxygens (including phenoxy) is 1. The van der Waals surface area contributed by atoms with Crippen LogP contribution in [0.4, 0.5) is 8.78 Å². The maximum Gasteiger partial charge on any atom is 0.337 e. The first-order chi connectivity index (χ1) is 15.3. The third kappa shape index (κ3) is 3.69. The molecular weight excluding hydrogens is 442 g/mol. The molecule has 0 spiro atoms. The zero-order valence-electron chi connectivity index (χ0n) is 16.8. The Balaban J connectivity index is 1.98. The quantitative estimate of drug-likeness (QED) is 0.335. The number of esters is 1. The number of halogens is 3. The van der Waals surface area contributed by atoms with Gasteiger partial charge in [-0.2, -0.15) is 0 Å². The first kappa shape index (κ1) is 21.5. The molecule has 0 aliphatic carbocycles. The molecule has 2 aromatic carbocycles. The number of aromatic nitrogens is 1. The van der Waals surface area contributed by atoms with Gasteiger partial charge in [0.2, 0.25) is 5.71 Å². The molecule has 2 aromatic heterocycles. The fourth-order valence-corrected chi connectivity index (χ4v) is 3.56. The van der Waals surface area contributed by atoms with Gasteiger partial charge in [-0.3, -0.25) is 4.79 Å². The van der Waals surface area contributed by atoms with Gasteiger partial charge in [-0.05, 0) is 48.5 Å². The van der Waals surface area contributed by atoms with Crippen molar-refractivity contribution in [3.63, 3.8) is 0 Å². The summed E-state index contributed by atoms with van der Waals surface area (Å²) in [5.41, 5.74) is 0.884. The molecular formula is C23H15ClF2N2O4. The predicted octanol–water partition coefficient (Wildman–Crippen LogP) is 5.24. The number of nitrogens with one attached hydrogen (secondary N) is 1. The van der Waals surface area contributed by atoms with Gasteiger partial charge in [-0.15, -0.1) is 0 Å². The number of benzene rings is 2. The van der Waals surface area contributed by atoms with E-state index in [4.69, 9.17) is 16.0 Å². The van der Waals surface area contributed by atoms with Gasteiger partial charge < -0.3 is 14.5 Å². The smallest absolute Gasteiger partial charge is 0.337 e. The third-order valence-corrected chi connectivity index (χ3v) is 5.16. The highest BCUT2D eigenvalue weighted by Gasteiger charge is 2.25. The lowest BCUT2D eigenvalue weighted by Gasteiger charge is -2.08. The van der Waals surface area contributed by atoms with Crippen molar-refractivity contribution in [3.05, 3.63) is 76.4 Å². The Labute approximate surface area is 185 Å². The molecule has 0 radical (unpaired) electrons. The van der Waals surface area contributed by atoms with Gasteiger partial charge in [-0.1, -0.05) is 11.6 Å². The molecule has 0 unspecified atom stereocenters. The van der Waals surface area contributed by atoms with Gasteiger partial charge in [0.15, 0.2) is 0 Å². The van der Waals surface area contributed by atoms with Crippen LogP contribution in [0.2, 0.25) is 5.15 Å². The minimum absolute atomic E-state index is 0.000288. The second kappa shape index (κ2) is 8.39. The Morgan fingerprint density at radius 2 is 1.78 bits per heavy atom. The Morgan fingerprint density at radius 1 is 1.06 bits per heavy atom. The minimum Gasteiger partial charge on any atom is -0.465 e. The molecule has 4 rings (SSSR count). The molecule has 0 aliphatic heterocycles. The maximum absolute atomic E-state index is 14.7. The van der Waals surface area contributed by atoms with Crippen LogP contribution in [0.3, 0.4) is 0 Å². The summed E-state index contributed by atoms with van der Waals surface area (Å²) in [7, 11) is 2.66. The van der Waals surface area contributed by atoms with Crippen LogP contribution in [-0.2, 0) is 4.74 Å². The van der Waals surface area contributed by atoms with E-state index >= 15 is 0 Å². The Hall–Kier alpha value is -3.78. The van der Waals surface area contributed by atoms with Crippen LogP contribution in [-0.4, -0.2) is 31.0 Å². The summed E-state index contributed by atoms with van der Waals surface area (Å²) in [5, 5.41) is 2.70. The first-order valence-corrected chi connectivity index (χ1v) is 9.71. The van der Waals surface area contributed by atoms with Crippen molar-refractivity contribution in [2.24, 2.45) is 0 Å². The Morgan fingerprint density at radius 3 is 2.44 bits per heavy atom. The van der Waals surface area contributed by atoms with Crippen molar-refractivity contribution < 1.29 is 27.5 Å². The second-order valence-electron chi connectivity index (χ2n) is 6.76. The van der Waals surface area contributed by atoms with E-state index in [1.165, 1.54) is 56.6 Å². The van der Waals surface area contributed by atoms with Crippen LogP contribution in [0.5, 0.6) is 0 Å². The number of fused-ring (bicyclic) bond motifs is 1. The molecule has 6 nitrogen and oxygen atoms in total. The fraction of sp³-hybridized carbons (Fsp3) is 0.0870. The van der Waals surface area contributed by atoms with E-state index in [-0.39, 0.29) is 44.3 Å². The van der Waals surface area contributed by atoms with Gasteiger partial charge in [0.1, 0.15) is 22.5 Å². The molecule has 0 aliphatic rings. The monoisotopic (exact) mass is 456 g/mol. The zero-order valence-corrected chi connectivity index (χ0v) is 17.6. The number of methoxy groups -OCH3 is 1. The van der Waals surface area contributed by atoms with E-state index in [0.717, 1.165) is 6.07 Å². The summed E-state index contributed by atoms with van der Waals surface area (Å²) >= 11 is 6.31. The van der Waals surface area contributed by atoms with Crippen molar-refractivity contribution in [2.45, 2.75) is 0 Å². The van der Waals surface area contributed by atoms with Crippen LogP contribution in [0.1, 0.15) is 20.7 Å². The summed E-state index contributed by atoms with van der Waals surface area (Å²) in [6.45, 7) is 0. The molecule has 0 bridgehead atoms. The SMILES string of the molecule is CNC(=O)c1c(-c2ccc(F)cc2)oc2nc(Cl)c(-c3cc(C(=O)OC)ccc3F)cc12. The number of furan rings is 1. The summed E-state index contributed by atoms with van der Waals surface area (Å²) < 4.78 is 38.5. The molecule has 0 atom stereocenters. The fourth-order valence-electron chi connectivity index (χ4n) is 3.32. The third-order valence-electron chi connectivity index (χ3n) is 4.87. The van der Waals surface area contributed by atoms with Gasteiger partial charge in [0, 0.05) is 23.7 Å². The van der Waals surface area contributed by atoms with Crippen molar-refractivity contribution in [3.8, 4) is 22.5 Å². The van der Waals surface area contributed by atoms with E-state index in [0.29, 0.717) is 5.56 Å². The van der Waals surface area contributed by atoms with Gasteiger partial charge in [0.05, 0.1) is 23.6 Å². The number of nitrogens with zero attached hydrogens (tertiary/aromatic N) is 1. The molecule has 162 valence electrons. The molecule has 0 fully saturated rings. The van der Waals surface area contributed by atoms with Gasteiger partial charge in [0.25, 0.3) is 5.91 Å². The van der Waals surface area contributed by atoms with E-state index in [1.807, 2.05) is 0 Å². The van der Waals surface area contributed by atoms with Crippen LogP contribution < -0.4 is 5.32 Å². The number of amides is 1. The molecule has 9 heteroatoms. The molecule has 32 heavy (non-hydrogen) atoms. The van der Waals surface area contributed by atoms with Gasteiger partial charge in [-0.25, -0.2) is 18.6 Å². The largest absolute Gasteiger partial charge is 0.465 e. The van der Waals surface area contributed by atoms with E-state index in [9.17, 15) is 18.4 Å². The Bertz CT molecular complexity index is 1370. The molecule has 1 amide bonds. The number of rotatable bonds is 4.